The van der Waals surface area contributed by atoms with Gasteiger partial charge in [0, 0.05) is 0 Å². The fourth-order valence-electron chi connectivity index (χ4n) is 0.447. The van der Waals surface area contributed by atoms with Crippen LogP contribution >= 0.6 is 0 Å². The monoisotopic (exact) mass is 123 g/mol. The van der Waals surface area contributed by atoms with Crippen molar-refractivity contribution in [3.8, 4) is 0 Å². The molecule has 9 heavy (non-hydrogen) atoms. The van der Waals surface area contributed by atoms with E-state index in [-0.39, 0.29) is 6.67 Å². The smallest absolute Gasteiger partial charge is 0.291 e. The van der Waals surface area contributed by atoms with Crippen LogP contribution in [0.5, 0.6) is 0 Å². The highest BCUT2D eigenvalue weighted by atomic mass is 15.5. The number of tetrazole rings is 1. The fraction of sp³-hybridized carbons (Fsp3) is 0.500. The zero-order valence-electron chi connectivity index (χ0n) is 4.94. The maximum Gasteiger partial charge on any atom is 0.310 e. The Hall–Kier alpha value is -1.44. The molecule has 0 radical (unpaired) electrons. The summed E-state index contributed by atoms with van der Waals surface area (Å²) in [5.74, 6) is 0.672. The summed E-state index contributed by atoms with van der Waals surface area (Å²) in [4.78, 5) is 3.11. The standard InChI is InChI=1S/C4H5N5/c1-4-6-7-8-9(4)3-5-2/h3H2,1H3. The maximum absolute atomic E-state index is 6.48. The van der Waals surface area contributed by atoms with E-state index in [0.29, 0.717) is 5.82 Å². The van der Waals surface area contributed by atoms with Gasteiger partial charge in [-0.25, -0.2) is 6.57 Å². The molecule has 46 valence electrons. The molecule has 0 atom stereocenters. The van der Waals surface area contributed by atoms with E-state index < -0.39 is 0 Å². The number of aryl methyl sites for hydroxylation is 1. The lowest BCUT2D eigenvalue weighted by molar-refractivity contribution is 0.642. The Bertz CT molecular complexity index is 231. The van der Waals surface area contributed by atoms with Gasteiger partial charge in [-0.15, -0.1) is 5.10 Å². The molecule has 5 heteroatoms. The average molecular weight is 123 g/mol. The van der Waals surface area contributed by atoms with Gasteiger partial charge < -0.3 is 0 Å². The van der Waals surface area contributed by atoms with Crippen molar-refractivity contribution in [3.05, 3.63) is 17.2 Å². The minimum Gasteiger partial charge on any atom is -0.291 e. The van der Waals surface area contributed by atoms with Crippen LogP contribution in [0.3, 0.4) is 0 Å². The highest BCUT2D eigenvalue weighted by molar-refractivity contribution is 4.73. The molecule has 1 rings (SSSR count). The van der Waals surface area contributed by atoms with Gasteiger partial charge in [-0.3, -0.25) is 4.85 Å². The summed E-state index contributed by atoms with van der Waals surface area (Å²) in [5, 5.41) is 10.5. The lowest BCUT2D eigenvalue weighted by Crippen LogP contribution is -1.98. The van der Waals surface area contributed by atoms with Crippen molar-refractivity contribution in [2.75, 3.05) is 0 Å². The highest BCUT2D eigenvalue weighted by Crippen LogP contribution is 1.86. The molecule has 0 unspecified atom stereocenters. The van der Waals surface area contributed by atoms with E-state index in [1.807, 2.05) is 0 Å². The highest BCUT2D eigenvalue weighted by Gasteiger charge is 1.98. The van der Waals surface area contributed by atoms with Gasteiger partial charge in [0.05, 0.1) is 0 Å². The van der Waals surface area contributed by atoms with E-state index >= 15 is 0 Å². The third-order valence-corrected chi connectivity index (χ3v) is 0.916. The summed E-state index contributed by atoms with van der Waals surface area (Å²) in [7, 11) is 0. The van der Waals surface area contributed by atoms with E-state index in [2.05, 4.69) is 20.4 Å². The minimum atomic E-state index is 0.207. The third kappa shape index (κ3) is 1.02. The molecule has 0 fully saturated rings. The first kappa shape index (κ1) is 5.69. The second-order valence-corrected chi connectivity index (χ2v) is 1.53. The van der Waals surface area contributed by atoms with Crippen LogP contribution in [0, 0.1) is 13.5 Å². The molecule has 0 aliphatic heterocycles. The van der Waals surface area contributed by atoms with Crippen LogP contribution in [0.1, 0.15) is 5.82 Å². The SMILES string of the molecule is [C-]#[N+]Cn1nnnc1C. The Morgan fingerprint density at radius 1 is 1.78 bits per heavy atom. The lowest BCUT2D eigenvalue weighted by atomic mass is 10.7. The number of nitrogens with zero attached hydrogens (tertiary/aromatic N) is 5. The molecule has 0 aliphatic carbocycles. The molecule has 0 saturated carbocycles. The normalized spacial score (nSPS) is 8.89. The molecule has 0 N–H and O–H groups in total. The summed E-state index contributed by atoms with van der Waals surface area (Å²) >= 11 is 0. The van der Waals surface area contributed by atoms with Crippen molar-refractivity contribution in [1.29, 1.82) is 0 Å². The largest absolute Gasteiger partial charge is 0.310 e. The Kier molecular flexibility index (Phi) is 1.40. The molecule has 0 bridgehead atoms. The minimum absolute atomic E-state index is 0.207. The first-order valence-corrected chi connectivity index (χ1v) is 2.40. The second-order valence-electron chi connectivity index (χ2n) is 1.53. The van der Waals surface area contributed by atoms with Crippen molar-refractivity contribution in [3.63, 3.8) is 0 Å². The first-order chi connectivity index (χ1) is 4.34. The van der Waals surface area contributed by atoms with Crippen LogP contribution in [-0.4, -0.2) is 20.2 Å². The topological polar surface area (TPSA) is 48.0 Å². The maximum atomic E-state index is 6.48. The average Bonchev–Trinajstić information content (AvgIpc) is 2.18. The first-order valence-electron chi connectivity index (χ1n) is 2.40. The summed E-state index contributed by atoms with van der Waals surface area (Å²) in [6, 6.07) is 0. The van der Waals surface area contributed by atoms with Gasteiger partial charge in [-0.1, -0.05) is 0 Å². The molecule has 5 nitrogen and oxygen atoms in total. The van der Waals surface area contributed by atoms with E-state index in [1.165, 1.54) is 4.68 Å². The summed E-state index contributed by atoms with van der Waals surface area (Å²) in [5.41, 5.74) is 0. The molecular formula is C4H5N5. The van der Waals surface area contributed by atoms with E-state index in [9.17, 15) is 0 Å². The number of aromatic nitrogens is 4. The van der Waals surface area contributed by atoms with Crippen LogP contribution in [0.4, 0.5) is 0 Å². The zero-order chi connectivity index (χ0) is 6.69. The lowest BCUT2D eigenvalue weighted by Gasteiger charge is -1.85. The van der Waals surface area contributed by atoms with Gasteiger partial charge in [0.25, 0.3) is 0 Å². The molecule has 1 aromatic rings. The third-order valence-electron chi connectivity index (χ3n) is 0.916. The molecule has 0 aromatic carbocycles. The van der Waals surface area contributed by atoms with E-state index in [1.54, 1.807) is 6.92 Å². The Balaban J connectivity index is 2.84. The van der Waals surface area contributed by atoms with Crippen LogP contribution in [0.25, 0.3) is 4.85 Å². The second kappa shape index (κ2) is 2.22. The van der Waals surface area contributed by atoms with Gasteiger partial charge in [0.1, 0.15) is 0 Å². The van der Waals surface area contributed by atoms with Crippen molar-refractivity contribution >= 4 is 0 Å². The van der Waals surface area contributed by atoms with Gasteiger partial charge in [-0.2, -0.15) is 4.68 Å². The van der Waals surface area contributed by atoms with E-state index in [4.69, 9.17) is 6.57 Å². The predicted octanol–water partition coefficient (Wildman–Crippen LogP) is -0.142. The van der Waals surface area contributed by atoms with Crippen molar-refractivity contribution in [1.82, 2.24) is 20.2 Å². The van der Waals surface area contributed by atoms with Crippen LogP contribution in [0.2, 0.25) is 0 Å². The van der Waals surface area contributed by atoms with Crippen molar-refractivity contribution in [2.45, 2.75) is 13.6 Å². The molecular weight excluding hydrogens is 118 g/mol. The van der Waals surface area contributed by atoms with Crippen molar-refractivity contribution in [2.24, 2.45) is 0 Å². The Morgan fingerprint density at radius 2 is 2.56 bits per heavy atom. The number of hydrogen-bond donors (Lipinski definition) is 0. The molecule has 1 aromatic heterocycles. The zero-order valence-corrected chi connectivity index (χ0v) is 4.94. The summed E-state index contributed by atoms with van der Waals surface area (Å²) in [6.07, 6.45) is 0. The van der Waals surface area contributed by atoms with Gasteiger partial charge in [0.2, 0.25) is 0 Å². The van der Waals surface area contributed by atoms with Crippen LogP contribution in [-0.2, 0) is 6.67 Å². The predicted molar refractivity (Wildman–Crippen MR) is 29.2 cm³/mol. The number of rotatable bonds is 1. The molecule has 0 saturated heterocycles. The summed E-state index contributed by atoms with van der Waals surface area (Å²) < 4.78 is 1.44. The molecule has 0 amide bonds. The van der Waals surface area contributed by atoms with Crippen LogP contribution < -0.4 is 0 Å². The van der Waals surface area contributed by atoms with Gasteiger partial charge >= 0.3 is 6.67 Å². The fourth-order valence-corrected chi connectivity index (χ4v) is 0.447. The quantitative estimate of drug-likeness (QED) is 0.488. The van der Waals surface area contributed by atoms with Crippen LogP contribution in [0.15, 0.2) is 0 Å². The number of hydrogen-bond acceptors (Lipinski definition) is 3. The molecule has 1 heterocycles. The van der Waals surface area contributed by atoms with Gasteiger partial charge in [0.15, 0.2) is 5.82 Å². The summed E-state index contributed by atoms with van der Waals surface area (Å²) in [6.45, 7) is 8.45. The molecule has 0 spiro atoms. The molecule has 0 aliphatic rings. The van der Waals surface area contributed by atoms with Gasteiger partial charge in [-0.05, 0) is 17.4 Å². The van der Waals surface area contributed by atoms with Crippen molar-refractivity contribution < 1.29 is 0 Å². The van der Waals surface area contributed by atoms with E-state index in [0.717, 1.165) is 0 Å². The Morgan fingerprint density at radius 3 is 3.00 bits per heavy atom. The Labute approximate surface area is 52.1 Å².